The largest absolute Gasteiger partial charge is 0.296 e. The molecule has 1 saturated carbocycles. The van der Waals surface area contributed by atoms with Crippen LogP contribution in [0.4, 0.5) is 0 Å². The molecule has 78 valence electrons. The van der Waals surface area contributed by atoms with Crippen LogP contribution in [-0.4, -0.2) is 29.3 Å². The fraction of sp³-hybridized carbons (Fsp3) is 0.778. The van der Waals surface area contributed by atoms with Gasteiger partial charge in [0.25, 0.3) is 5.91 Å². The summed E-state index contributed by atoms with van der Waals surface area (Å²) in [4.78, 5) is 11.5. The van der Waals surface area contributed by atoms with E-state index in [1.165, 1.54) is 12.8 Å². The van der Waals surface area contributed by atoms with E-state index in [0.29, 0.717) is 0 Å². The molecule has 2 rings (SSSR count). The molecule has 1 aliphatic carbocycles. The highest BCUT2D eigenvalue weighted by molar-refractivity contribution is 7.99. The van der Waals surface area contributed by atoms with Crippen molar-refractivity contribution in [2.45, 2.75) is 31.7 Å². The maximum absolute atomic E-state index is 11.5. The van der Waals surface area contributed by atoms with E-state index in [2.05, 4.69) is 15.8 Å². The predicted molar refractivity (Wildman–Crippen MR) is 58.3 cm³/mol. The molecule has 1 heterocycles. The fourth-order valence-electron chi connectivity index (χ4n) is 1.67. The third-order valence-corrected chi connectivity index (χ3v) is 3.48. The van der Waals surface area contributed by atoms with E-state index in [-0.39, 0.29) is 11.9 Å². The zero-order chi connectivity index (χ0) is 9.80. The van der Waals surface area contributed by atoms with Gasteiger partial charge < -0.3 is 0 Å². The molecule has 0 aromatic carbocycles. The van der Waals surface area contributed by atoms with Crippen LogP contribution >= 0.6 is 11.8 Å². The summed E-state index contributed by atoms with van der Waals surface area (Å²) in [5.41, 5.74) is 3.78. The van der Waals surface area contributed by atoms with Gasteiger partial charge in [-0.15, -0.1) is 11.8 Å². The van der Waals surface area contributed by atoms with Crippen LogP contribution < -0.4 is 10.7 Å². The van der Waals surface area contributed by atoms with Crippen LogP contribution in [0, 0.1) is 0 Å². The average Bonchev–Trinajstić information content (AvgIpc) is 2.87. The molecule has 1 saturated heterocycles. The van der Waals surface area contributed by atoms with Gasteiger partial charge >= 0.3 is 0 Å². The van der Waals surface area contributed by atoms with Crippen molar-refractivity contribution in [2.75, 3.05) is 11.6 Å². The first-order valence-corrected chi connectivity index (χ1v) is 6.18. The van der Waals surface area contributed by atoms with Crippen LogP contribution in [0.3, 0.4) is 0 Å². The summed E-state index contributed by atoms with van der Waals surface area (Å²) in [5, 5.41) is 7.25. The summed E-state index contributed by atoms with van der Waals surface area (Å²) in [7, 11) is 0. The molecule has 4 nitrogen and oxygen atoms in total. The second-order valence-electron chi connectivity index (χ2n) is 3.63. The third-order valence-electron chi connectivity index (χ3n) is 2.54. The van der Waals surface area contributed by atoms with Crippen molar-refractivity contribution in [1.29, 1.82) is 0 Å². The van der Waals surface area contributed by atoms with E-state index < -0.39 is 0 Å². The van der Waals surface area contributed by atoms with Gasteiger partial charge in [-0.25, -0.2) is 5.43 Å². The summed E-state index contributed by atoms with van der Waals surface area (Å²) >= 11 is 1.75. The third kappa shape index (κ3) is 2.48. The monoisotopic (exact) mass is 213 g/mol. The molecule has 1 atom stereocenters. The number of amides is 1. The fourth-order valence-corrected chi connectivity index (χ4v) is 2.61. The Morgan fingerprint density at radius 2 is 2.29 bits per heavy atom. The second kappa shape index (κ2) is 4.79. The molecule has 0 aromatic rings. The van der Waals surface area contributed by atoms with Crippen molar-refractivity contribution < 1.29 is 4.79 Å². The van der Waals surface area contributed by atoms with E-state index in [1.807, 2.05) is 0 Å². The SMILES string of the molecule is O=C(NN=C1CCCC1)[C@@H]1CSCN1. The number of rotatable bonds is 2. The lowest BCUT2D eigenvalue weighted by atomic mass is 10.3. The summed E-state index contributed by atoms with van der Waals surface area (Å²) in [6.45, 7) is 0. The number of carbonyl (C=O) groups excluding carboxylic acids is 1. The highest BCUT2D eigenvalue weighted by atomic mass is 32.2. The molecule has 0 aromatic heterocycles. The highest BCUT2D eigenvalue weighted by Crippen LogP contribution is 2.14. The molecular weight excluding hydrogens is 198 g/mol. The lowest BCUT2D eigenvalue weighted by Crippen LogP contribution is -2.40. The van der Waals surface area contributed by atoms with Gasteiger partial charge in [-0.3, -0.25) is 10.1 Å². The van der Waals surface area contributed by atoms with E-state index in [1.54, 1.807) is 11.8 Å². The summed E-state index contributed by atoms with van der Waals surface area (Å²) in [6, 6.07) is -0.0502. The van der Waals surface area contributed by atoms with Gasteiger partial charge in [0.15, 0.2) is 0 Å². The van der Waals surface area contributed by atoms with Crippen LogP contribution in [0.15, 0.2) is 5.10 Å². The molecule has 0 unspecified atom stereocenters. The molecular formula is C9H15N3OS. The zero-order valence-corrected chi connectivity index (χ0v) is 8.90. The molecule has 0 radical (unpaired) electrons. The van der Waals surface area contributed by atoms with E-state index in [0.717, 1.165) is 30.2 Å². The van der Waals surface area contributed by atoms with Gasteiger partial charge in [0.2, 0.25) is 0 Å². The Labute approximate surface area is 87.9 Å². The van der Waals surface area contributed by atoms with Crippen LogP contribution in [0.2, 0.25) is 0 Å². The highest BCUT2D eigenvalue weighted by Gasteiger charge is 2.22. The lowest BCUT2D eigenvalue weighted by molar-refractivity contribution is -0.122. The molecule has 14 heavy (non-hydrogen) atoms. The Hall–Kier alpha value is -0.550. The van der Waals surface area contributed by atoms with Crippen molar-refractivity contribution in [1.82, 2.24) is 10.7 Å². The molecule has 5 heteroatoms. The van der Waals surface area contributed by atoms with Crippen LogP contribution in [0.25, 0.3) is 0 Å². The van der Waals surface area contributed by atoms with Crippen molar-refractivity contribution in [3.8, 4) is 0 Å². The van der Waals surface area contributed by atoms with Crippen molar-refractivity contribution in [2.24, 2.45) is 5.10 Å². The average molecular weight is 213 g/mol. The van der Waals surface area contributed by atoms with Crippen LogP contribution in [0.5, 0.6) is 0 Å². The number of thioether (sulfide) groups is 1. The Balaban J connectivity index is 1.78. The van der Waals surface area contributed by atoms with Gasteiger partial charge in [-0.1, -0.05) is 0 Å². The number of nitrogens with zero attached hydrogens (tertiary/aromatic N) is 1. The molecule has 2 fully saturated rings. The van der Waals surface area contributed by atoms with Gasteiger partial charge in [-0.05, 0) is 25.7 Å². The summed E-state index contributed by atoms with van der Waals surface area (Å²) in [5.74, 6) is 1.74. The second-order valence-corrected chi connectivity index (χ2v) is 4.66. The van der Waals surface area contributed by atoms with Gasteiger partial charge in [-0.2, -0.15) is 5.10 Å². The van der Waals surface area contributed by atoms with Crippen LogP contribution in [0.1, 0.15) is 25.7 Å². The van der Waals surface area contributed by atoms with Gasteiger partial charge in [0, 0.05) is 17.3 Å². The minimum atomic E-state index is -0.0502. The summed E-state index contributed by atoms with van der Waals surface area (Å²) in [6.07, 6.45) is 4.53. The minimum Gasteiger partial charge on any atom is -0.296 e. The van der Waals surface area contributed by atoms with Crippen LogP contribution in [-0.2, 0) is 4.79 Å². The molecule has 1 aliphatic heterocycles. The number of hydrogen-bond donors (Lipinski definition) is 2. The summed E-state index contributed by atoms with van der Waals surface area (Å²) < 4.78 is 0. The van der Waals surface area contributed by atoms with Crippen molar-refractivity contribution in [3.63, 3.8) is 0 Å². The van der Waals surface area contributed by atoms with E-state index in [4.69, 9.17) is 0 Å². The van der Waals surface area contributed by atoms with Crippen molar-refractivity contribution >= 4 is 23.4 Å². The van der Waals surface area contributed by atoms with Gasteiger partial charge in [0.05, 0.1) is 6.04 Å². The Morgan fingerprint density at radius 3 is 2.93 bits per heavy atom. The molecule has 0 bridgehead atoms. The number of hydrazone groups is 1. The Kier molecular flexibility index (Phi) is 3.42. The number of nitrogens with one attached hydrogen (secondary N) is 2. The minimum absolute atomic E-state index is 0.00870. The Morgan fingerprint density at radius 1 is 1.50 bits per heavy atom. The molecule has 0 spiro atoms. The molecule has 1 amide bonds. The number of carbonyl (C=O) groups is 1. The first-order chi connectivity index (χ1) is 6.86. The first-order valence-electron chi connectivity index (χ1n) is 5.02. The Bertz CT molecular complexity index is 240. The maximum Gasteiger partial charge on any atom is 0.258 e. The standard InChI is InChI=1S/C9H15N3OS/c13-9(8-5-14-6-10-8)12-11-7-3-1-2-4-7/h8,10H,1-6H2,(H,12,13)/t8-/m0/s1. The first kappa shape index (κ1) is 9.98. The van der Waals surface area contributed by atoms with Gasteiger partial charge in [0.1, 0.15) is 0 Å². The smallest absolute Gasteiger partial charge is 0.258 e. The van der Waals surface area contributed by atoms with E-state index in [9.17, 15) is 4.79 Å². The zero-order valence-electron chi connectivity index (χ0n) is 8.08. The predicted octanol–water partition coefficient (Wildman–Crippen LogP) is 0.695. The van der Waals surface area contributed by atoms with E-state index >= 15 is 0 Å². The molecule has 2 aliphatic rings. The molecule has 2 N–H and O–H groups in total. The number of hydrogen-bond acceptors (Lipinski definition) is 4. The normalized spacial score (nSPS) is 26.6. The topological polar surface area (TPSA) is 53.5 Å². The lowest BCUT2D eigenvalue weighted by Gasteiger charge is -2.06. The van der Waals surface area contributed by atoms with Crippen molar-refractivity contribution in [3.05, 3.63) is 0 Å². The maximum atomic E-state index is 11.5. The quantitative estimate of drug-likeness (QED) is 0.664.